The van der Waals surface area contributed by atoms with Crippen LogP contribution in [0.15, 0.2) is 60.9 Å². The number of alkyl halides is 2. The number of ether oxygens (including phenoxy) is 1. The second-order valence-electron chi connectivity index (χ2n) is 8.94. The first-order valence-electron chi connectivity index (χ1n) is 11.6. The summed E-state index contributed by atoms with van der Waals surface area (Å²) in [7, 11) is -4.01. The quantitative estimate of drug-likeness (QED) is 0.419. The van der Waals surface area contributed by atoms with Crippen LogP contribution in [0.5, 0.6) is 5.75 Å². The minimum atomic E-state index is -4.32. The average Bonchev–Trinajstić information content (AvgIpc) is 3.39. The molecule has 0 radical (unpaired) electrons. The summed E-state index contributed by atoms with van der Waals surface area (Å²) in [6.07, 6.45) is -0.469. The fraction of sp³-hybridized carbons (Fsp3) is 0.375. The Labute approximate surface area is 212 Å². The van der Waals surface area contributed by atoms with E-state index in [9.17, 15) is 23.2 Å². The summed E-state index contributed by atoms with van der Waals surface area (Å²) in [4.78, 5) is 25.4. The van der Waals surface area contributed by atoms with Gasteiger partial charge in [-0.3, -0.25) is 9.36 Å². The zero-order valence-corrected chi connectivity index (χ0v) is 21.1. The average molecular weight is 536 g/mol. The summed E-state index contributed by atoms with van der Waals surface area (Å²) >= 11 is 0. The van der Waals surface area contributed by atoms with E-state index in [4.69, 9.17) is 9.63 Å². The van der Waals surface area contributed by atoms with Crippen LogP contribution < -0.4 is 4.74 Å². The fourth-order valence-corrected chi connectivity index (χ4v) is 4.64. The van der Waals surface area contributed by atoms with Gasteiger partial charge in [-0.25, -0.2) is 4.52 Å². The maximum atomic E-state index is 14.3. The molecule has 1 fully saturated rings. The first kappa shape index (κ1) is 26.9. The SMILES string of the molecule is C[C@@H]1CC[C@@H](Oc2cccc(C(C)(O)C(F)(F)O[PH](=O)O)c2)CN1C(=O)c1ccccc1-n1nccn1. The zero-order valence-electron chi connectivity index (χ0n) is 20.1. The molecule has 13 heteroatoms. The number of amides is 1. The zero-order chi connectivity index (χ0) is 26.8. The second-order valence-corrected chi connectivity index (χ2v) is 9.68. The Balaban J connectivity index is 1.52. The lowest BCUT2D eigenvalue weighted by molar-refractivity contribution is -0.289. The number of carbonyl (C=O) groups is 1. The molecule has 198 valence electrons. The Kier molecular flexibility index (Phi) is 7.75. The summed E-state index contributed by atoms with van der Waals surface area (Å²) in [6, 6.07) is 12.3. The molecule has 4 atom stereocenters. The van der Waals surface area contributed by atoms with Gasteiger partial charge >= 0.3 is 14.4 Å². The van der Waals surface area contributed by atoms with Crippen molar-refractivity contribution in [1.29, 1.82) is 0 Å². The second kappa shape index (κ2) is 10.7. The highest BCUT2D eigenvalue weighted by atomic mass is 31.1. The van der Waals surface area contributed by atoms with Gasteiger partial charge in [-0.2, -0.15) is 23.8 Å². The number of benzene rings is 2. The predicted octanol–water partition coefficient (Wildman–Crippen LogP) is 3.54. The lowest BCUT2D eigenvalue weighted by Crippen LogP contribution is -2.49. The van der Waals surface area contributed by atoms with Crippen LogP contribution in [-0.4, -0.2) is 60.6 Å². The number of halogens is 2. The van der Waals surface area contributed by atoms with Crippen molar-refractivity contribution in [1.82, 2.24) is 19.9 Å². The van der Waals surface area contributed by atoms with Gasteiger partial charge in [0.2, 0.25) is 0 Å². The summed E-state index contributed by atoms with van der Waals surface area (Å²) in [5.41, 5.74) is -2.20. The molecule has 4 rings (SSSR count). The van der Waals surface area contributed by atoms with Crippen LogP contribution in [0.4, 0.5) is 8.78 Å². The van der Waals surface area contributed by atoms with Gasteiger partial charge in [0.1, 0.15) is 11.9 Å². The van der Waals surface area contributed by atoms with Crippen molar-refractivity contribution in [3.8, 4) is 11.4 Å². The van der Waals surface area contributed by atoms with Gasteiger partial charge in [-0.05, 0) is 56.5 Å². The van der Waals surface area contributed by atoms with E-state index in [0.29, 0.717) is 24.1 Å². The van der Waals surface area contributed by atoms with Crippen LogP contribution >= 0.6 is 8.25 Å². The Hall–Kier alpha value is -3.18. The van der Waals surface area contributed by atoms with Gasteiger partial charge < -0.3 is 19.6 Å². The van der Waals surface area contributed by atoms with E-state index in [1.807, 2.05) is 6.92 Å². The van der Waals surface area contributed by atoms with Gasteiger partial charge in [0.25, 0.3) is 5.91 Å². The largest absolute Gasteiger partial charge is 0.489 e. The lowest BCUT2D eigenvalue weighted by Gasteiger charge is -2.38. The molecule has 0 aliphatic carbocycles. The third kappa shape index (κ3) is 5.72. The number of likely N-dealkylation sites (tertiary alicyclic amines) is 1. The number of piperidine rings is 1. The van der Waals surface area contributed by atoms with Crippen molar-refractivity contribution < 1.29 is 37.4 Å². The number of hydrogen-bond acceptors (Lipinski definition) is 7. The van der Waals surface area contributed by atoms with E-state index >= 15 is 0 Å². The first-order chi connectivity index (χ1) is 17.5. The lowest BCUT2D eigenvalue weighted by atomic mass is 9.94. The van der Waals surface area contributed by atoms with Crippen molar-refractivity contribution >= 4 is 14.2 Å². The van der Waals surface area contributed by atoms with Crippen molar-refractivity contribution in [3.05, 3.63) is 72.1 Å². The molecular weight excluding hydrogens is 509 g/mol. The normalized spacial score (nSPS) is 20.8. The molecule has 0 saturated carbocycles. The molecule has 1 aliphatic heterocycles. The molecule has 0 spiro atoms. The van der Waals surface area contributed by atoms with Crippen molar-refractivity contribution in [2.75, 3.05) is 6.54 Å². The highest BCUT2D eigenvalue weighted by Gasteiger charge is 2.53. The highest BCUT2D eigenvalue weighted by Crippen LogP contribution is 2.44. The molecule has 10 nitrogen and oxygen atoms in total. The molecule has 2 heterocycles. The number of carbonyl (C=O) groups excluding carboxylic acids is 1. The third-order valence-corrected chi connectivity index (χ3v) is 6.78. The van der Waals surface area contributed by atoms with Crippen molar-refractivity contribution in [2.45, 2.75) is 50.5 Å². The number of para-hydroxylation sites is 1. The summed E-state index contributed by atoms with van der Waals surface area (Å²) in [6.45, 7) is 2.97. The van der Waals surface area contributed by atoms with Gasteiger partial charge in [-0.1, -0.05) is 24.3 Å². The third-order valence-electron chi connectivity index (χ3n) is 6.35. The maximum absolute atomic E-state index is 14.3. The molecule has 1 saturated heterocycles. The number of aromatic nitrogens is 3. The Bertz CT molecular complexity index is 1270. The molecule has 1 aromatic heterocycles. The van der Waals surface area contributed by atoms with Crippen LogP contribution in [0, 0.1) is 0 Å². The van der Waals surface area contributed by atoms with Gasteiger partial charge in [0, 0.05) is 6.04 Å². The van der Waals surface area contributed by atoms with Gasteiger partial charge in [-0.15, -0.1) is 0 Å². The molecule has 1 amide bonds. The molecule has 2 N–H and O–H groups in total. The van der Waals surface area contributed by atoms with E-state index in [1.54, 1.807) is 29.2 Å². The van der Waals surface area contributed by atoms with Crippen LogP contribution in [0.2, 0.25) is 0 Å². The standard InChI is InChI=1S/C24H27F2N4O6P/c1-16-10-11-19(15-29(16)22(31)20-8-3-4-9-21(20)30-27-12-13-28-30)35-18-7-5-6-17(14-18)23(2,32)24(25,26)36-37(33)34/h3-9,12-14,16,19,32,37H,10-11,15H2,1-2H3,(H,33,34)/t16-,19-,23?/m1/s1. The van der Waals surface area contributed by atoms with Gasteiger partial charge in [0.05, 0.1) is 30.2 Å². The first-order valence-corrected chi connectivity index (χ1v) is 12.8. The van der Waals surface area contributed by atoms with Crippen LogP contribution in [-0.2, 0) is 14.7 Å². The van der Waals surface area contributed by atoms with Crippen LogP contribution in [0.25, 0.3) is 5.69 Å². The van der Waals surface area contributed by atoms with Crippen LogP contribution in [0.1, 0.15) is 42.6 Å². The topological polar surface area (TPSA) is 127 Å². The molecule has 37 heavy (non-hydrogen) atoms. The molecule has 1 aliphatic rings. The van der Waals surface area contributed by atoms with E-state index < -0.39 is 26.1 Å². The van der Waals surface area contributed by atoms with Crippen LogP contribution in [0.3, 0.4) is 0 Å². The smallest absolute Gasteiger partial charge is 0.394 e. The predicted molar refractivity (Wildman–Crippen MR) is 129 cm³/mol. The van der Waals surface area contributed by atoms with E-state index in [1.165, 1.54) is 41.5 Å². The number of rotatable bonds is 8. The molecular formula is C24H27F2N4O6P. The Morgan fingerprint density at radius 2 is 1.84 bits per heavy atom. The summed E-state index contributed by atoms with van der Waals surface area (Å²) in [5.74, 6) is -0.0280. The summed E-state index contributed by atoms with van der Waals surface area (Å²) < 4.78 is 49.3. The monoisotopic (exact) mass is 536 g/mol. The number of nitrogens with zero attached hydrogens (tertiary/aromatic N) is 4. The summed E-state index contributed by atoms with van der Waals surface area (Å²) in [5, 5.41) is 18.7. The number of hydrogen-bond donors (Lipinski definition) is 2. The van der Waals surface area contributed by atoms with Crippen molar-refractivity contribution in [3.63, 3.8) is 0 Å². The molecule has 3 aromatic rings. The minimum absolute atomic E-state index is 0.0736. The fourth-order valence-electron chi connectivity index (χ4n) is 4.22. The molecule has 2 unspecified atom stereocenters. The highest BCUT2D eigenvalue weighted by molar-refractivity contribution is 7.32. The Morgan fingerprint density at radius 1 is 1.14 bits per heavy atom. The molecule has 2 aromatic carbocycles. The van der Waals surface area contributed by atoms with E-state index in [2.05, 4.69) is 14.7 Å². The molecule has 0 bridgehead atoms. The Morgan fingerprint density at radius 3 is 2.54 bits per heavy atom. The van der Waals surface area contributed by atoms with Gasteiger partial charge in [0.15, 0.2) is 5.60 Å². The minimum Gasteiger partial charge on any atom is -0.489 e. The van der Waals surface area contributed by atoms with E-state index in [0.717, 1.165) is 6.92 Å². The maximum Gasteiger partial charge on any atom is 0.394 e. The number of aliphatic hydroxyl groups is 1. The van der Waals surface area contributed by atoms with Crippen molar-refractivity contribution in [2.24, 2.45) is 0 Å². The van der Waals surface area contributed by atoms with E-state index in [-0.39, 0.29) is 29.8 Å².